The van der Waals surface area contributed by atoms with Crippen molar-refractivity contribution in [3.05, 3.63) is 34.9 Å². The van der Waals surface area contributed by atoms with Crippen molar-refractivity contribution in [1.29, 1.82) is 0 Å². The van der Waals surface area contributed by atoms with Gasteiger partial charge in [-0.25, -0.2) is 4.79 Å². The standard InChI is InChI=1S/C29H40N2O3/c1-17(30-27(33)34-28(2,3)4)24-13-20-6-5-7-23(19-10-11-19)25(20)26(32)31(24)29-14-18-8-9-21(15-29)22(12-18)16-29/h5-7,17-19,21-22,24H,8-16H2,1-4H3,(H,30,33)/t17-,18?,21?,22?,24?,29?/m0/s1. The molecule has 1 aromatic carbocycles. The van der Waals surface area contributed by atoms with Crippen LogP contribution in [0.15, 0.2) is 18.2 Å². The van der Waals surface area contributed by atoms with E-state index in [1.165, 1.54) is 43.2 Å². The second-order valence-electron chi connectivity index (χ2n) is 13.1. The van der Waals surface area contributed by atoms with E-state index in [0.29, 0.717) is 5.92 Å². The number of benzene rings is 1. The van der Waals surface area contributed by atoms with Gasteiger partial charge in [0.1, 0.15) is 5.60 Å². The maximum atomic E-state index is 14.5. The molecule has 1 N–H and O–H groups in total. The third-order valence-electron chi connectivity index (χ3n) is 9.43. The number of carbonyl (C=O) groups is 2. The molecule has 0 spiro atoms. The van der Waals surface area contributed by atoms with Crippen LogP contribution in [0, 0.1) is 17.8 Å². The molecule has 3 bridgehead atoms. The molecule has 0 saturated heterocycles. The first kappa shape index (κ1) is 22.4. The molecule has 0 aromatic heterocycles. The third-order valence-corrected chi connectivity index (χ3v) is 9.43. The average Bonchev–Trinajstić information content (AvgIpc) is 3.56. The lowest BCUT2D eigenvalue weighted by Crippen LogP contribution is -2.64. The van der Waals surface area contributed by atoms with E-state index in [-0.39, 0.29) is 23.5 Å². The van der Waals surface area contributed by atoms with Gasteiger partial charge < -0.3 is 15.0 Å². The summed E-state index contributed by atoms with van der Waals surface area (Å²) in [5.74, 6) is 3.07. The van der Waals surface area contributed by atoms with Crippen LogP contribution in [-0.2, 0) is 11.2 Å². The second-order valence-corrected chi connectivity index (χ2v) is 13.1. The Labute approximate surface area is 204 Å². The van der Waals surface area contributed by atoms with Crippen LogP contribution < -0.4 is 5.32 Å². The van der Waals surface area contributed by atoms with E-state index in [0.717, 1.165) is 49.0 Å². The lowest BCUT2D eigenvalue weighted by Gasteiger charge is -2.53. The van der Waals surface area contributed by atoms with Gasteiger partial charge in [0.25, 0.3) is 5.91 Å². The number of hydrogen-bond acceptors (Lipinski definition) is 3. The number of alkyl carbamates (subject to hydrolysis) is 1. The Morgan fingerprint density at radius 2 is 1.88 bits per heavy atom. The van der Waals surface area contributed by atoms with Crippen LogP contribution in [0.2, 0.25) is 0 Å². The summed E-state index contributed by atoms with van der Waals surface area (Å²) in [6.45, 7) is 7.72. The molecule has 5 nitrogen and oxygen atoms in total. The van der Waals surface area contributed by atoms with Gasteiger partial charge in [-0.05, 0) is 114 Å². The number of carbonyl (C=O) groups excluding carboxylic acids is 2. The topological polar surface area (TPSA) is 58.6 Å². The van der Waals surface area contributed by atoms with Crippen molar-refractivity contribution in [1.82, 2.24) is 10.2 Å². The van der Waals surface area contributed by atoms with Gasteiger partial charge >= 0.3 is 6.09 Å². The first-order valence-corrected chi connectivity index (χ1v) is 13.6. The maximum Gasteiger partial charge on any atom is 0.407 e. The lowest BCUT2D eigenvalue weighted by molar-refractivity contribution is -0.00404. The molecule has 6 rings (SSSR count). The predicted molar refractivity (Wildman–Crippen MR) is 132 cm³/mol. The third kappa shape index (κ3) is 3.74. The van der Waals surface area contributed by atoms with Crippen molar-refractivity contribution in [2.45, 2.75) is 115 Å². The number of ether oxygens (including phenoxy) is 1. The fourth-order valence-corrected chi connectivity index (χ4v) is 8.12. The molecule has 34 heavy (non-hydrogen) atoms. The number of hydrogen-bond donors (Lipinski definition) is 1. The minimum Gasteiger partial charge on any atom is -0.444 e. The highest BCUT2D eigenvalue weighted by molar-refractivity contribution is 5.99. The van der Waals surface area contributed by atoms with Crippen LogP contribution in [0.25, 0.3) is 0 Å². The molecule has 4 saturated carbocycles. The van der Waals surface area contributed by atoms with E-state index in [2.05, 4.69) is 35.3 Å². The summed E-state index contributed by atoms with van der Waals surface area (Å²) in [6, 6.07) is 6.24. The molecule has 5 heteroatoms. The summed E-state index contributed by atoms with van der Waals surface area (Å²) in [5, 5.41) is 3.11. The zero-order valence-corrected chi connectivity index (χ0v) is 21.2. The molecule has 4 aliphatic carbocycles. The van der Waals surface area contributed by atoms with Crippen molar-refractivity contribution >= 4 is 12.0 Å². The SMILES string of the molecule is C[C@H](NC(=O)OC(C)(C)C)C1Cc2cccc(C3CC3)c2C(=O)N1C12CC3CCC(C1)C(C3)C2. The van der Waals surface area contributed by atoms with Crippen molar-refractivity contribution in [2.75, 3.05) is 0 Å². The van der Waals surface area contributed by atoms with Gasteiger partial charge in [-0.3, -0.25) is 4.79 Å². The molecule has 5 unspecified atom stereocenters. The van der Waals surface area contributed by atoms with E-state index in [1.54, 1.807) is 0 Å². The van der Waals surface area contributed by atoms with Gasteiger partial charge in [-0.1, -0.05) is 24.6 Å². The van der Waals surface area contributed by atoms with E-state index < -0.39 is 11.7 Å². The number of amides is 2. The monoisotopic (exact) mass is 464 g/mol. The zero-order chi connectivity index (χ0) is 23.8. The molecular formula is C29H40N2O3. The van der Waals surface area contributed by atoms with Crippen LogP contribution >= 0.6 is 0 Å². The summed E-state index contributed by atoms with van der Waals surface area (Å²) in [7, 11) is 0. The van der Waals surface area contributed by atoms with E-state index in [4.69, 9.17) is 4.74 Å². The second kappa shape index (κ2) is 7.73. The largest absolute Gasteiger partial charge is 0.444 e. The van der Waals surface area contributed by atoms with Crippen molar-refractivity contribution < 1.29 is 14.3 Å². The van der Waals surface area contributed by atoms with Crippen molar-refractivity contribution in [3.63, 3.8) is 0 Å². The predicted octanol–water partition coefficient (Wildman–Crippen LogP) is 5.81. The molecule has 1 heterocycles. The van der Waals surface area contributed by atoms with Gasteiger partial charge in [0.05, 0.1) is 12.1 Å². The molecule has 1 aromatic rings. The highest BCUT2D eigenvalue weighted by atomic mass is 16.6. The Morgan fingerprint density at radius 3 is 2.62 bits per heavy atom. The van der Waals surface area contributed by atoms with E-state index in [9.17, 15) is 9.59 Å². The van der Waals surface area contributed by atoms with Gasteiger partial charge in [-0.2, -0.15) is 0 Å². The van der Waals surface area contributed by atoms with Gasteiger partial charge in [0, 0.05) is 11.1 Å². The Hall–Kier alpha value is -2.04. The molecule has 6 atom stereocenters. The molecule has 2 amide bonds. The molecule has 5 aliphatic rings. The average molecular weight is 465 g/mol. The fourth-order valence-electron chi connectivity index (χ4n) is 8.12. The number of rotatable bonds is 4. The van der Waals surface area contributed by atoms with Crippen LogP contribution in [0.1, 0.15) is 106 Å². The highest BCUT2D eigenvalue weighted by Crippen LogP contribution is 2.60. The zero-order valence-electron chi connectivity index (χ0n) is 21.2. The maximum absolute atomic E-state index is 14.5. The molecule has 184 valence electrons. The van der Waals surface area contributed by atoms with E-state index >= 15 is 0 Å². The summed E-state index contributed by atoms with van der Waals surface area (Å²) >= 11 is 0. The smallest absolute Gasteiger partial charge is 0.407 e. The van der Waals surface area contributed by atoms with Gasteiger partial charge in [0.2, 0.25) is 0 Å². The first-order chi connectivity index (χ1) is 16.1. The Bertz CT molecular complexity index is 1010. The van der Waals surface area contributed by atoms with Crippen molar-refractivity contribution in [2.24, 2.45) is 17.8 Å². The van der Waals surface area contributed by atoms with E-state index in [1.807, 2.05) is 20.8 Å². The minimum atomic E-state index is -0.544. The summed E-state index contributed by atoms with van der Waals surface area (Å²) < 4.78 is 5.59. The van der Waals surface area contributed by atoms with Crippen molar-refractivity contribution in [3.8, 4) is 0 Å². The van der Waals surface area contributed by atoms with Crippen LogP contribution in [0.5, 0.6) is 0 Å². The van der Waals surface area contributed by atoms with Crippen LogP contribution in [0.4, 0.5) is 4.79 Å². The lowest BCUT2D eigenvalue weighted by atomic mass is 9.69. The molecule has 0 radical (unpaired) electrons. The fraction of sp³-hybridized carbons (Fsp3) is 0.724. The Kier molecular flexibility index (Phi) is 5.10. The Morgan fingerprint density at radius 1 is 1.12 bits per heavy atom. The highest BCUT2D eigenvalue weighted by Gasteiger charge is 2.59. The number of nitrogens with zero attached hydrogens (tertiary/aromatic N) is 1. The summed E-state index contributed by atoms with van der Waals surface area (Å²) in [4.78, 5) is 29.5. The molecule has 1 aliphatic heterocycles. The van der Waals surface area contributed by atoms with Crippen LogP contribution in [0.3, 0.4) is 0 Å². The molecular weight excluding hydrogens is 424 g/mol. The summed E-state index contributed by atoms with van der Waals surface area (Å²) in [5.41, 5.74) is 2.83. The number of nitrogens with one attached hydrogen (secondary N) is 1. The van der Waals surface area contributed by atoms with Gasteiger partial charge in [-0.15, -0.1) is 0 Å². The first-order valence-electron chi connectivity index (χ1n) is 13.6. The number of fused-ring (bicyclic) bond motifs is 3. The Balaban J connectivity index is 1.38. The molecule has 4 fully saturated rings. The minimum absolute atomic E-state index is 0.0433. The van der Waals surface area contributed by atoms with Gasteiger partial charge in [0.15, 0.2) is 0 Å². The quantitative estimate of drug-likeness (QED) is 0.611. The summed E-state index contributed by atoms with van der Waals surface area (Å²) in [6.07, 6.45) is 10.3. The van der Waals surface area contributed by atoms with Crippen LogP contribution in [-0.4, -0.2) is 40.1 Å². The normalized spacial score (nSPS) is 35.2.